The van der Waals surface area contributed by atoms with Crippen LogP contribution in [0.5, 0.6) is 0 Å². The second kappa shape index (κ2) is 16.3. The van der Waals surface area contributed by atoms with E-state index in [0.29, 0.717) is 6.42 Å². The van der Waals surface area contributed by atoms with Crippen LogP contribution in [0.15, 0.2) is 12.2 Å². The minimum Gasteiger partial charge on any atom is -0.342 e. The Kier molecular flexibility index (Phi) is 16.1. The Morgan fingerprint density at radius 2 is 1.25 bits per heavy atom. The molecule has 0 fully saturated rings. The summed E-state index contributed by atoms with van der Waals surface area (Å²) < 4.78 is 33.6. The molecule has 1 unspecified atom stereocenters. The molecular formula is C21H42O6S. The molecule has 0 aromatic carbocycles. The van der Waals surface area contributed by atoms with Crippen molar-refractivity contribution in [2.24, 2.45) is 5.92 Å². The number of hydrogen-bond donors (Lipinski definition) is 3. The molecule has 0 saturated carbocycles. The largest absolute Gasteiger partial charge is 0.401 e. The van der Waals surface area contributed by atoms with Gasteiger partial charge in [0.25, 0.3) is 5.97 Å². The number of aliphatic hydroxyl groups is 2. The summed E-state index contributed by atoms with van der Waals surface area (Å²) in [6.45, 7) is 3.72. The van der Waals surface area contributed by atoms with Crippen LogP contribution in [0.1, 0.15) is 110 Å². The lowest BCUT2D eigenvalue weighted by Gasteiger charge is -2.25. The predicted molar refractivity (Wildman–Crippen MR) is 113 cm³/mol. The summed E-state index contributed by atoms with van der Waals surface area (Å²) >= 11 is 0. The number of rotatable bonds is 19. The molecule has 0 radical (unpaired) electrons. The van der Waals surface area contributed by atoms with Crippen LogP contribution in [0.3, 0.4) is 0 Å². The Balaban J connectivity index is 3.49. The molecule has 0 spiro atoms. The standard InChI is InChI=1S/C21H42O6S/c1-3-4-5-6-7-8-9-10-11-12-13-14-15-16-17-18-19-20(2)21(22,23)27-28(24,25)26/h10-11,20,22-23H,3-9,12-19H2,1-2H3,(H,24,25,26)/b11-10-. The molecule has 0 aliphatic rings. The quantitative estimate of drug-likeness (QED) is 0.110. The lowest BCUT2D eigenvalue weighted by atomic mass is 10.00. The molecule has 7 heteroatoms. The molecule has 0 amide bonds. The highest BCUT2D eigenvalue weighted by Crippen LogP contribution is 2.24. The maximum absolute atomic E-state index is 10.6. The van der Waals surface area contributed by atoms with E-state index >= 15 is 0 Å². The fourth-order valence-corrected chi connectivity index (χ4v) is 3.60. The highest BCUT2D eigenvalue weighted by molar-refractivity contribution is 7.80. The summed E-state index contributed by atoms with van der Waals surface area (Å²) in [6.07, 6.45) is 21.7. The number of hydrogen-bond acceptors (Lipinski definition) is 5. The summed E-state index contributed by atoms with van der Waals surface area (Å²) in [5, 5.41) is 19.1. The average molecular weight is 423 g/mol. The second-order valence-corrected chi connectivity index (χ2v) is 8.82. The van der Waals surface area contributed by atoms with Crippen molar-refractivity contribution < 1.29 is 27.4 Å². The van der Waals surface area contributed by atoms with Gasteiger partial charge in [0.15, 0.2) is 0 Å². The third-order valence-corrected chi connectivity index (χ3v) is 5.47. The van der Waals surface area contributed by atoms with E-state index < -0.39 is 22.3 Å². The molecule has 0 aromatic rings. The lowest BCUT2D eigenvalue weighted by Crippen LogP contribution is -2.41. The molecule has 0 aromatic heterocycles. The Labute approximate surface area is 172 Å². The Bertz CT molecular complexity index is 487. The molecule has 3 N–H and O–H groups in total. The van der Waals surface area contributed by atoms with Crippen LogP contribution in [0.25, 0.3) is 0 Å². The molecule has 6 nitrogen and oxygen atoms in total. The van der Waals surface area contributed by atoms with Gasteiger partial charge >= 0.3 is 10.4 Å². The Morgan fingerprint density at radius 3 is 1.71 bits per heavy atom. The van der Waals surface area contributed by atoms with Gasteiger partial charge in [-0.25, -0.2) is 0 Å². The Hall–Kier alpha value is -0.470. The molecular weight excluding hydrogens is 380 g/mol. The zero-order valence-electron chi connectivity index (χ0n) is 17.8. The van der Waals surface area contributed by atoms with Crippen molar-refractivity contribution in [3.05, 3.63) is 12.2 Å². The van der Waals surface area contributed by atoms with Crippen LogP contribution >= 0.6 is 0 Å². The molecule has 0 aliphatic carbocycles. The summed E-state index contributed by atoms with van der Waals surface area (Å²) in [5.74, 6) is -3.68. The fraction of sp³-hybridized carbons (Fsp3) is 0.905. The van der Waals surface area contributed by atoms with E-state index in [1.807, 2.05) is 0 Å². The van der Waals surface area contributed by atoms with Crippen LogP contribution < -0.4 is 0 Å². The van der Waals surface area contributed by atoms with E-state index in [9.17, 15) is 18.6 Å². The Morgan fingerprint density at radius 1 is 0.821 bits per heavy atom. The van der Waals surface area contributed by atoms with Crippen molar-refractivity contribution in [1.29, 1.82) is 0 Å². The first kappa shape index (κ1) is 27.5. The van der Waals surface area contributed by atoms with Gasteiger partial charge in [0.1, 0.15) is 0 Å². The molecule has 0 heterocycles. The summed E-state index contributed by atoms with van der Waals surface area (Å²) in [4.78, 5) is 0. The zero-order chi connectivity index (χ0) is 21.3. The van der Waals surface area contributed by atoms with Crippen LogP contribution in [-0.4, -0.2) is 29.2 Å². The van der Waals surface area contributed by atoms with Crippen molar-refractivity contribution >= 4 is 10.4 Å². The lowest BCUT2D eigenvalue weighted by molar-refractivity contribution is -0.321. The van der Waals surface area contributed by atoms with E-state index in [-0.39, 0.29) is 0 Å². The monoisotopic (exact) mass is 422 g/mol. The van der Waals surface area contributed by atoms with E-state index in [1.165, 1.54) is 64.7 Å². The van der Waals surface area contributed by atoms with Gasteiger partial charge in [-0.1, -0.05) is 90.2 Å². The van der Waals surface area contributed by atoms with Crippen molar-refractivity contribution in [3.8, 4) is 0 Å². The third kappa shape index (κ3) is 17.6. The molecule has 0 rings (SSSR count). The van der Waals surface area contributed by atoms with Crippen molar-refractivity contribution in [1.82, 2.24) is 0 Å². The van der Waals surface area contributed by atoms with E-state index in [2.05, 4.69) is 23.3 Å². The molecule has 0 bridgehead atoms. The van der Waals surface area contributed by atoms with Gasteiger partial charge in [-0.3, -0.25) is 4.55 Å². The predicted octanol–water partition coefficient (Wildman–Crippen LogP) is 5.51. The van der Waals surface area contributed by atoms with Crippen molar-refractivity contribution in [3.63, 3.8) is 0 Å². The maximum atomic E-state index is 10.6. The van der Waals surface area contributed by atoms with Gasteiger partial charge in [-0.05, 0) is 32.1 Å². The topological polar surface area (TPSA) is 104 Å². The van der Waals surface area contributed by atoms with Crippen LogP contribution in [0.2, 0.25) is 0 Å². The van der Waals surface area contributed by atoms with Gasteiger partial charge < -0.3 is 10.2 Å². The first-order valence-electron chi connectivity index (χ1n) is 11.0. The van der Waals surface area contributed by atoms with Crippen LogP contribution in [0.4, 0.5) is 0 Å². The number of allylic oxidation sites excluding steroid dienone is 2. The first-order chi connectivity index (χ1) is 13.2. The average Bonchev–Trinajstić information content (AvgIpc) is 2.59. The maximum Gasteiger partial charge on any atom is 0.401 e. The van der Waals surface area contributed by atoms with E-state index in [1.54, 1.807) is 0 Å². The van der Waals surface area contributed by atoms with Gasteiger partial charge in [0.2, 0.25) is 0 Å². The van der Waals surface area contributed by atoms with Gasteiger partial charge in [0.05, 0.1) is 0 Å². The summed E-state index contributed by atoms with van der Waals surface area (Å²) in [5.41, 5.74) is 0. The van der Waals surface area contributed by atoms with Crippen LogP contribution in [0, 0.1) is 5.92 Å². The fourth-order valence-electron chi connectivity index (χ4n) is 3.12. The van der Waals surface area contributed by atoms with Gasteiger partial charge in [-0.2, -0.15) is 12.6 Å². The minimum absolute atomic E-state index is 0.406. The highest BCUT2D eigenvalue weighted by atomic mass is 32.3. The first-order valence-corrected chi connectivity index (χ1v) is 12.3. The van der Waals surface area contributed by atoms with Crippen molar-refractivity contribution in [2.75, 3.05) is 0 Å². The van der Waals surface area contributed by atoms with Crippen molar-refractivity contribution in [2.45, 2.75) is 116 Å². The molecule has 168 valence electrons. The normalized spacial score (nSPS) is 14.0. The SMILES string of the molecule is CCCCCCCC/C=C\CCCCCCCCC(C)C(O)(O)OS(=O)(=O)O. The van der Waals surface area contributed by atoms with Gasteiger partial charge in [0, 0.05) is 5.92 Å². The van der Waals surface area contributed by atoms with Gasteiger partial charge in [-0.15, -0.1) is 0 Å². The molecule has 28 heavy (non-hydrogen) atoms. The molecule has 1 atom stereocenters. The second-order valence-electron chi connectivity index (χ2n) is 7.80. The molecule has 0 aliphatic heterocycles. The third-order valence-electron chi connectivity index (χ3n) is 5.02. The van der Waals surface area contributed by atoms with Crippen LogP contribution in [-0.2, 0) is 14.6 Å². The minimum atomic E-state index is -4.89. The molecule has 0 saturated heterocycles. The zero-order valence-corrected chi connectivity index (χ0v) is 18.6. The summed E-state index contributed by atoms with van der Waals surface area (Å²) in [7, 11) is -4.89. The van der Waals surface area contributed by atoms with E-state index in [0.717, 1.165) is 32.1 Å². The number of unbranched alkanes of at least 4 members (excludes halogenated alkanes) is 12. The van der Waals surface area contributed by atoms with E-state index in [4.69, 9.17) is 4.55 Å². The smallest absolute Gasteiger partial charge is 0.342 e. The highest BCUT2D eigenvalue weighted by Gasteiger charge is 2.36. The summed E-state index contributed by atoms with van der Waals surface area (Å²) in [6, 6.07) is 0.